The molecule has 1 aromatic rings. The van der Waals surface area contributed by atoms with Gasteiger partial charge in [0.1, 0.15) is 18.2 Å². The number of aliphatic hydroxyl groups excluding tert-OH is 1. The lowest BCUT2D eigenvalue weighted by molar-refractivity contribution is -0.140. The Morgan fingerprint density at radius 2 is 1.84 bits per heavy atom. The average molecular weight is 436 g/mol. The summed E-state index contributed by atoms with van der Waals surface area (Å²) < 4.78 is 5.17. The third-order valence-corrected chi connectivity index (χ3v) is 4.55. The number of alkyl carbamates (subject to hydrolysis) is 1. The Bertz CT molecular complexity index is 758. The van der Waals surface area contributed by atoms with Crippen molar-refractivity contribution in [3.8, 4) is 0 Å². The summed E-state index contributed by atoms with van der Waals surface area (Å²) in [5, 5.41) is 14.9. The molecule has 0 saturated heterocycles. The first-order valence-corrected chi connectivity index (χ1v) is 10.7. The van der Waals surface area contributed by atoms with Crippen molar-refractivity contribution in [2.45, 2.75) is 66.0 Å². The minimum Gasteiger partial charge on any atom is -0.444 e. The van der Waals surface area contributed by atoms with Crippen molar-refractivity contribution >= 4 is 17.9 Å². The molecule has 8 heteroatoms. The molecular formula is C23H37N3O5. The van der Waals surface area contributed by atoms with Crippen LogP contribution >= 0.6 is 0 Å². The number of benzene rings is 1. The van der Waals surface area contributed by atoms with E-state index in [2.05, 4.69) is 10.6 Å². The molecule has 0 aliphatic carbocycles. The van der Waals surface area contributed by atoms with Gasteiger partial charge in [-0.3, -0.25) is 9.59 Å². The minimum atomic E-state index is -0.919. The maximum atomic E-state index is 13.1. The summed E-state index contributed by atoms with van der Waals surface area (Å²) in [6.07, 6.45) is 1.02. The average Bonchev–Trinajstić information content (AvgIpc) is 2.66. The highest BCUT2D eigenvalue weighted by Gasteiger charge is 2.32. The van der Waals surface area contributed by atoms with Crippen LogP contribution in [0.1, 0.15) is 63.3 Å². The summed E-state index contributed by atoms with van der Waals surface area (Å²) in [4.78, 5) is 39.4. The number of hydrogen-bond acceptors (Lipinski definition) is 5. The van der Waals surface area contributed by atoms with Gasteiger partial charge < -0.3 is 25.4 Å². The first-order chi connectivity index (χ1) is 14.5. The molecule has 0 bridgehead atoms. The van der Waals surface area contributed by atoms with Crippen molar-refractivity contribution in [1.82, 2.24) is 15.5 Å². The number of nitrogens with one attached hydrogen (secondary N) is 2. The molecular weight excluding hydrogens is 398 g/mol. The van der Waals surface area contributed by atoms with Crippen LogP contribution in [0.3, 0.4) is 0 Å². The first-order valence-electron chi connectivity index (χ1n) is 10.7. The van der Waals surface area contributed by atoms with Crippen LogP contribution in [0, 0.1) is 13.8 Å². The van der Waals surface area contributed by atoms with Gasteiger partial charge in [-0.05, 0) is 52.2 Å². The minimum absolute atomic E-state index is 0.0476. The Morgan fingerprint density at radius 1 is 1.16 bits per heavy atom. The van der Waals surface area contributed by atoms with E-state index in [0.717, 1.165) is 24.0 Å². The Balaban J connectivity index is 3.14. The summed E-state index contributed by atoms with van der Waals surface area (Å²) in [5.74, 6) is -0.810. The Morgan fingerprint density at radius 3 is 2.39 bits per heavy atom. The number of amides is 3. The third-order valence-electron chi connectivity index (χ3n) is 4.55. The first kappa shape index (κ1) is 26.4. The number of aryl methyl sites for hydroxylation is 2. The molecule has 3 amide bonds. The van der Waals surface area contributed by atoms with E-state index < -0.39 is 23.6 Å². The molecule has 1 atom stereocenters. The number of nitrogens with zero attached hydrogens (tertiary/aromatic N) is 1. The van der Waals surface area contributed by atoms with E-state index in [9.17, 15) is 19.5 Å². The fourth-order valence-electron chi connectivity index (χ4n) is 3.14. The van der Waals surface area contributed by atoms with Crippen molar-refractivity contribution in [2.75, 3.05) is 26.2 Å². The number of unbranched alkanes of at least 4 members (excludes halogenated alkanes) is 1. The van der Waals surface area contributed by atoms with Gasteiger partial charge in [0.2, 0.25) is 11.8 Å². The quantitative estimate of drug-likeness (QED) is 0.490. The van der Waals surface area contributed by atoms with Crippen LogP contribution in [0.2, 0.25) is 0 Å². The second-order valence-corrected chi connectivity index (χ2v) is 8.57. The molecule has 0 spiro atoms. The van der Waals surface area contributed by atoms with Crippen molar-refractivity contribution in [2.24, 2.45) is 0 Å². The fraction of sp³-hybridized carbons (Fsp3) is 0.609. The monoisotopic (exact) mass is 435 g/mol. The van der Waals surface area contributed by atoms with Crippen LogP contribution in [-0.2, 0) is 14.3 Å². The fourth-order valence-corrected chi connectivity index (χ4v) is 3.14. The van der Waals surface area contributed by atoms with Gasteiger partial charge in [0.05, 0.1) is 6.61 Å². The van der Waals surface area contributed by atoms with Crippen molar-refractivity contribution < 1.29 is 24.2 Å². The molecule has 1 aromatic carbocycles. The van der Waals surface area contributed by atoms with Gasteiger partial charge in [-0.15, -0.1) is 0 Å². The predicted molar refractivity (Wildman–Crippen MR) is 120 cm³/mol. The van der Waals surface area contributed by atoms with E-state index in [0.29, 0.717) is 12.1 Å². The molecule has 8 nitrogen and oxygen atoms in total. The van der Waals surface area contributed by atoms with Crippen LogP contribution in [-0.4, -0.2) is 59.8 Å². The van der Waals surface area contributed by atoms with E-state index in [1.54, 1.807) is 20.8 Å². The van der Waals surface area contributed by atoms with Crippen LogP contribution in [0.5, 0.6) is 0 Å². The second kappa shape index (κ2) is 12.3. The third kappa shape index (κ3) is 8.96. The lowest BCUT2D eigenvalue weighted by Gasteiger charge is -2.32. The zero-order valence-corrected chi connectivity index (χ0v) is 19.6. The van der Waals surface area contributed by atoms with E-state index in [1.165, 1.54) is 4.90 Å². The van der Waals surface area contributed by atoms with Crippen molar-refractivity contribution in [3.05, 3.63) is 34.9 Å². The molecule has 1 unspecified atom stereocenters. The van der Waals surface area contributed by atoms with E-state index in [1.807, 2.05) is 39.0 Å². The van der Waals surface area contributed by atoms with Crippen LogP contribution in [0.4, 0.5) is 4.79 Å². The van der Waals surface area contributed by atoms with Gasteiger partial charge in [0.25, 0.3) is 0 Å². The summed E-state index contributed by atoms with van der Waals surface area (Å²) in [6, 6.07) is 4.74. The van der Waals surface area contributed by atoms with Crippen molar-refractivity contribution in [1.29, 1.82) is 0 Å². The highest BCUT2D eigenvalue weighted by atomic mass is 16.6. The van der Waals surface area contributed by atoms with Gasteiger partial charge in [-0.1, -0.05) is 37.1 Å². The largest absolute Gasteiger partial charge is 0.444 e. The second-order valence-electron chi connectivity index (χ2n) is 8.57. The molecule has 0 heterocycles. The lowest BCUT2D eigenvalue weighted by Crippen LogP contribution is -2.49. The summed E-state index contributed by atoms with van der Waals surface area (Å²) in [7, 11) is 0. The van der Waals surface area contributed by atoms with Crippen LogP contribution in [0.15, 0.2) is 18.2 Å². The number of aliphatic hydroxyl groups is 1. The highest BCUT2D eigenvalue weighted by Crippen LogP contribution is 2.25. The molecule has 0 radical (unpaired) electrons. The molecule has 0 aliphatic rings. The van der Waals surface area contributed by atoms with Gasteiger partial charge in [0, 0.05) is 13.1 Å². The number of ether oxygens (including phenoxy) is 1. The summed E-state index contributed by atoms with van der Waals surface area (Å²) >= 11 is 0. The highest BCUT2D eigenvalue weighted by molar-refractivity contribution is 5.90. The zero-order chi connectivity index (χ0) is 23.6. The standard InChI is InChI=1S/C23H37N3O5/c1-7-8-11-24-21(29)20(18-10-9-16(2)14-17(18)3)26(12-13-27)19(28)15-25-22(30)31-23(4,5)6/h9-10,14,20,27H,7-8,11-13,15H2,1-6H3,(H,24,29)(H,25,30). The van der Waals surface area contributed by atoms with Gasteiger partial charge in [0.15, 0.2) is 0 Å². The molecule has 0 aliphatic heterocycles. The normalized spacial score (nSPS) is 12.1. The summed E-state index contributed by atoms with van der Waals surface area (Å²) in [6.45, 7) is 10.8. The predicted octanol–water partition coefficient (Wildman–Crippen LogP) is 2.61. The topological polar surface area (TPSA) is 108 Å². The van der Waals surface area contributed by atoms with E-state index >= 15 is 0 Å². The number of rotatable bonds is 10. The molecule has 0 aromatic heterocycles. The molecule has 0 saturated carbocycles. The van der Waals surface area contributed by atoms with Crippen molar-refractivity contribution in [3.63, 3.8) is 0 Å². The maximum Gasteiger partial charge on any atom is 0.408 e. The molecule has 0 fully saturated rings. The van der Waals surface area contributed by atoms with Crippen LogP contribution in [0.25, 0.3) is 0 Å². The molecule has 3 N–H and O–H groups in total. The Labute approximate surface area is 185 Å². The van der Waals surface area contributed by atoms with Crippen LogP contribution < -0.4 is 10.6 Å². The Hall–Kier alpha value is -2.61. The molecule has 174 valence electrons. The molecule has 31 heavy (non-hydrogen) atoms. The summed E-state index contributed by atoms with van der Waals surface area (Å²) in [5.41, 5.74) is 1.89. The zero-order valence-electron chi connectivity index (χ0n) is 19.6. The smallest absolute Gasteiger partial charge is 0.408 e. The lowest BCUT2D eigenvalue weighted by atomic mass is 9.97. The van der Waals surface area contributed by atoms with Gasteiger partial charge >= 0.3 is 6.09 Å². The van der Waals surface area contributed by atoms with E-state index in [-0.39, 0.29) is 25.6 Å². The van der Waals surface area contributed by atoms with Gasteiger partial charge in [-0.2, -0.15) is 0 Å². The number of carbonyl (C=O) groups is 3. The number of carbonyl (C=O) groups excluding carboxylic acids is 3. The SMILES string of the molecule is CCCCNC(=O)C(c1ccc(C)cc1C)N(CCO)C(=O)CNC(=O)OC(C)(C)C. The Kier molecular flexibility index (Phi) is 10.5. The maximum absolute atomic E-state index is 13.1. The van der Waals surface area contributed by atoms with E-state index in [4.69, 9.17) is 4.74 Å². The van der Waals surface area contributed by atoms with Gasteiger partial charge in [-0.25, -0.2) is 4.79 Å². The molecule has 1 rings (SSSR count). The number of hydrogen-bond donors (Lipinski definition) is 3.